The van der Waals surface area contributed by atoms with E-state index in [2.05, 4.69) is 5.32 Å². The molecule has 0 fully saturated rings. The summed E-state index contributed by atoms with van der Waals surface area (Å²) in [7, 11) is 0. The van der Waals surface area contributed by atoms with Crippen molar-refractivity contribution in [1.82, 2.24) is 5.32 Å². The van der Waals surface area contributed by atoms with Crippen molar-refractivity contribution in [3.8, 4) is 5.75 Å². The number of aliphatic hydroxyl groups is 1. The van der Waals surface area contributed by atoms with Crippen molar-refractivity contribution in [3.05, 3.63) is 52.2 Å². The Hall–Kier alpha value is -1.36. The third-order valence-corrected chi connectivity index (χ3v) is 3.62. The molecule has 0 bridgehead atoms. The normalized spacial score (nSPS) is 12.6. The number of thiophene rings is 1. The van der Waals surface area contributed by atoms with Crippen molar-refractivity contribution >= 4 is 11.3 Å². The first-order chi connectivity index (χ1) is 9.66. The molecule has 3 nitrogen and oxygen atoms in total. The van der Waals surface area contributed by atoms with Crippen LogP contribution < -0.4 is 10.1 Å². The minimum absolute atomic E-state index is 0.160. The van der Waals surface area contributed by atoms with Gasteiger partial charge in [0.1, 0.15) is 5.75 Å². The summed E-state index contributed by atoms with van der Waals surface area (Å²) in [5, 5.41) is 17.2. The van der Waals surface area contributed by atoms with E-state index in [-0.39, 0.29) is 6.10 Å². The molecule has 2 N–H and O–H groups in total. The molecule has 0 saturated carbocycles. The Kier molecular flexibility index (Phi) is 5.59. The van der Waals surface area contributed by atoms with Gasteiger partial charge < -0.3 is 15.2 Å². The van der Waals surface area contributed by atoms with Gasteiger partial charge in [-0.15, -0.1) is 0 Å². The van der Waals surface area contributed by atoms with Crippen LogP contribution in [0.4, 0.5) is 0 Å². The van der Waals surface area contributed by atoms with Gasteiger partial charge in [-0.2, -0.15) is 11.3 Å². The molecular formula is C16H21NO2S. The number of aliphatic hydroxyl groups excluding tert-OH is 1. The molecule has 1 unspecified atom stereocenters. The van der Waals surface area contributed by atoms with E-state index in [9.17, 15) is 5.11 Å². The molecule has 1 aromatic carbocycles. The maximum atomic E-state index is 10.0. The van der Waals surface area contributed by atoms with E-state index in [1.54, 1.807) is 11.3 Å². The molecule has 2 rings (SSSR count). The van der Waals surface area contributed by atoms with E-state index in [0.29, 0.717) is 13.1 Å². The van der Waals surface area contributed by atoms with Crippen LogP contribution in [0.15, 0.2) is 41.1 Å². The summed E-state index contributed by atoms with van der Waals surface area (Å²) in [6, 6.07) is 9.95. The highest BCUT2D eigenvalue weighted by molar-refractivity contribution is 7.07. The van der Waals surface area contributed by atoms with Crippen LogP contribution in [-0.4, -0.2) is 17.8 Å². The summed E-state index contributed by atoms with van der Waals surface area (Å²) in [6.07, 6.45) is -0.299. The van der Waals surface area contributed by atoms with Gasteiger partial charge in [0.15, 0.2) is 0 Å². The van der Waals surface area contributed by atoms with Crippen molar-refractivity contribution in [2.45, 2.75) is 32.6 Å². The van der Waals surface area contributed by atoms with Crippen LogP contribution >= 0.6 is 11.3 Å². The summed E-state index contributed by atoms with van der Waals surface area (Å²) in [5.74, 6) is 0.903. The largest absolute Gasteiger partial charge is 0.491 e. The van der Waals surface area contributed by atoms with Gasteiger partial charge in [-0.05, 0) is 42.3 Å². The first-order valence-electron chi connectivity index (χ1n) is 6.82. The number of hydrogen-bond donors (Lipinski definition) is 2. The second-order valence-electron chi connectivity index (χ2n) is 4.98. The SMILES string of the molecule is CC(C)Oc1ccccc1CNCC(O)c1ccsc1. The minimum Gasteiger partial charge on any atom is -0.491 e. The van der Waals surface area contributed by atoms with Crippen LogP contribution in [0, 0.1) is 0 Å². The second kappa shape index (κ2) is 7.43. The molecule has 0 aliphatic carbocycles. The number of para-hydroxylation sites is 1. The fourth-order valence-electron chi connectivity index (χ4n) is 1.94. The van der Waals surface area contributed by atoms with Crippen LogP contribution in [0.1, 0.15) is 31.1 Å². The van der Waals surface area contributed by atoms with E-state index in [0.717, 1.165) is 16.9 Å². The molecule has 108 valence electrons. The molecule has 1 heterocycles. The maximum Gasteiger partial charge on any atom is 0.124 e. The van der Waals surface area contributed by atoms with E-state index in [1.807, 2.05) is 54.9 Å². The number of ether oxygens (including phenoxy) is 1. The summed E-state index contributed by atoms with van der Waals surface area (Å²) >= 11 is 1.60. The minimum atomic E-state index is -0.459. The molecule has 0 spiro atoms. The first-order valence-corrected chi connectivity index (χ1v) is 7.76. The average molecular weight is 291 g/mol. The maximum absolute atomic E-state index is 10.0. The molecule has 1 atom stereocenters. The molecule has 20 heavy (non-hydrogen) atoms. The molecule has 4 heteroatoms. The molecule has 0 saturated heterocycles. The number of hydrogen-bond acceptors (Lipinski definition) is 4. The van der Waals surface area contributed by atoms with E-state index in [4.69, 9.17) is 4.74 Å². The molecule has 0 radical (unpaired) electrons. The zero-order valence-electron chi connectivity index (χ0n) is 11.9. The van der Waals surface area contributed by atoms with Crippen LogP contribution in [0.2, 0.25) is 0 Å². The number of benzene rings is 1. The van der Waals surface area contributed by atoms with Crippen LogP contribution in [0.5, 0.6) is 5.75 Å². The number of rotatable bonds is 7. The van der Waals surface area contributed by atoms with Gasteiger partial charge in [0.2, 0.25) is 0 Å². The van der Waals surface area contributed by atoms with Crippen molar-refractivity contribution in [2.24, 2.45) is 0 Å². The van der Waals surface area contributed by atoms with Gasteiger partial charge >= 0.3 is 0 Å². The van der Waals surface area contributed by atoms with Crippen molar-refractivity contribution in [1.29, 1.82) is 0 Å². The lowest BCUT2D eigenvalue weighted by atomic mass is 10.1. The lowest BCUT2D eigenvalue weighted by Crippen LogP contribution is -2.21. The zero-order chi connectivity index (χ0) is 14.4. The Morgan fingerprint density at radius 2 is 2.05 bits per heavy atom. The highest BCUT2D eigenvalue weighted by Crippen LogP contribution is 2.20. The highest BCUT2D eigenvalue weighted by Gasteiger charge is 2.09. The summed E-state index contributed by atoms with van der Waals surface area (Å²) in [5.41, 5.74) is 2.08. The Balaban J connectivity index is 1.88. The topological polar surface area (TPSA) is 41.5 Å². The number of nitrogens with one attached hydrogen (secondary N) is 1. The fraction of sp³-hybridized carbons (Fsp3) is 0.375. The average Bonchev–Trinajstić information content (AvgIpc) is 2.94. The zero-order valence-corrected chi connectivity index (χ0v) is 12.7. The van der Waals surface area contributed by atoms with Crippen molar-refractivity contribution < 1.29 is 9.84 Å². The highest BCUT2D eigenvalue weighted by atomic mass is 32.1. The Labute approximate surface area is 124 Å². The quantitative estimate of drug-likeness (QED) is 0.822. The van der Waals surface area contributed by atoms with Crippen molar-refractivity contribution in [3.63, 3.8) is 0 Å². The lowest BCUT2D eigenvalue weighted by Gasteiger charge is -2.15. The summed E-state index contributed by atoms with van der Waals surface area (Å²) in [6.45, 7) is 5.26. The summed E-state index contributed by atoms with van der Waals surface area (Å²) in [4.78, 5) is 0. The molecule has 0 aliphatic rings. The van der Waals surface area contributed by atoms with Crippen LogP contribution in [-0.2, 0) is 6.54 Å². The first kappa shape index (κ1) is 15.0. The Morgan fingerprint density at radius 3 is 2.75 bits per heavy atom. The monoisotopic (exact) mass is 291 g/mol. The fourth-order valence-corrected chi connectivity index (χ4v) is 2.65. The van der Waals surface area contributed by atoms with Crippen molar-refractivity contribution in [2.75, 3.05) is 6.54 Å². The second-order valence-corrected chi connectivity index (χ2v) is 5.76. The lowest BCUT2D eigenvalue weighted by molar-refractivity contribution is 0.174. The Morgan fingerprint density at radius 1 is 1.25 bits per heavy atom. The standard InChI is InChI=1S/C16H21NO2S/c1-12(2)19-16-6-4-3-5-13(16)9-17-10-15(18)14-7-8-20-11-14/h3-8,11-12,15,17-18H,9-10H2,1-2H3. The van der Waals surface area contributed by atoms with Gasteiger partial charge in [-0.3, -0.25) is 0 Å². The predicted molar refractivity (Wildman–Crippen MR) is 83.2 cm³/mol. The van der Waals surface area contributed by atoms with E-state index < -0.39 is 6.10 Å². The molecule has 0 amide bonds. The molecule has 0 aliphatic heterocycles. The molecular weight excluding hydrogens is 270 g/mol. The molecule has 2 aromatic rings. The van der Waals surface area contributed by atoms with E-state index >= 15 is 0 Å². The van der Waals surface area contributed by atoms with Gasteiger partial charge in [-0.25, -0.2) is 0 Å². The van der Waals surface area contributed by atoms with E-state index in [1.165, 1.54) is 0 Å². The van der Waals surface area contributed by atoms with Gasteiger partial charge in [-0.1, -0.05) is 18.2 Å². The Bertz CT molecular complexity index is 511. The third-order valence-electron chi connectivity index (χ3n) is 2.92. The van der Waals surface area contributed by atoms with Gasteiger partial charge in [0.25, 0.3) is 0 Å². The smallest absolute Gasteiger partial charge is 0.124 e. The van der Waals surface area contributed by atoms with Crippen LogP contribution in [0.3, 0.4) is 0 Å². The predicted octanol–water partition coefficient (Wildman–Crippen LogP) is 3.36. The van der Waals surface area contributed by atoms with Gasteiger partial charge in [0, 0.05) is 18.7 Å². The molecule has 1 aromatic heterocycles. The van der Waals surface area contributed by atoms with Crippen LogP contribution in [0.25, 0.3) is 0 Å². The summed E-state index contributed by atoms with van der Waals surface area (Å²) < 4.78 is 5.77. The third kappa shape index (κ3) is 4.34. The van der Waals surface area contributed by atoms with Gasteiger partial charge in [0.05, 0.1) is 12.2 Å².